The second kappa shape index (κ2) is 9.28. The fraction of sp³-hybridized carbons (Fsp3) is 0.731. The highest BCUT2D eigenvalue weighted by molar-refractivity contribution is 5.90. The first kappa shape index (κ1) is 23.6. The van der Waals surface area contributed by atoms with Gasteiger partial charge in [0.15, 0.2) is 6.61 Å². The van der Waals surface area contributed by atoms with E-state index in [-0.39, 0.29) is 36.8 Å². The Hall–Kier alpha value is -2.75. The Balaban J connectivity index is 1.04. The SMILES string of the molecule is O=C(OCC(=O)N1CCN(c2ncccn2)CC1)[C@@H]1C[C@H](O)CN1C(=O)C12CC3CC(CC(C3)C1)C2. The van der Waals surface area contributed by atoms with Crippen molar-refractivity contribution >= 4 is 23.7 Å². The van der Waals surface area contributed by atoms with Crippen LogP contribution in [0.4, 0.5) is 5.95 Å². The van der Waals surface area contributed by atoms with Gasteiger partial charge in [-0.05, 0) is 62.3 Å². The van der Waals surface area contributed by atoms with Crippen molar-refractivity contribution < 1.29 is 24.2 Å². The number of ether oxygens (including phenoxy) is 1. The van der Waals surface area contributed by atoms with Gasteiger partial charge in [0.2, 0.25) is 11.9 Å². The predicted molar refractivity (Wildman–Crippen MR) is 129 cm³/mol. The van der Waals surface area contributed by atoms with E-state index in [1.165, 1.54) is 19.3 Å². The van der Waals surface area contributed by atoms with Crippen LogP contribution in [0.2, 0.25) is 0 Å². The molecule has 0 radical (unpaired) electrons. The third-order valence-corrected chi connectivity index (χ3v) is 9.11. The van der Waals surface area contributed by atoms with E-state index < -0.39 is 18.1 Å². The quantitative estimate of drug-likeness (QED) is 0.595. The van der Waals surface area contributed by atoms with Gasteiger partial charge in [-0.1, -0.05) is 0 Å². The molecule has 7 rings (SSSR count). The third-order valence-electron chi connectivity index (χ3n) is 9.11. The summed E-state index contributed by atoms with van der Waals surface area (Å²) < 4.78 is 5.43. The number of carbonyl (C=O) groups excluding carboxylic acids is 3. The second-order valence-electron chi connectivity index (χ2n) is 11.6. The lowest BCUT2D eigenvalue weighted by Crippen LogP contribution is -2.56. The molecule has 4 bridgehead atoms. The number of piperazine rings is 1. The summed E-state index contributed by atoms with van der Waals surface area (Å²) >= 11 is 0. The summed E-state index contributed by atoms with van der Waals surface area (Å²) in [5.74, 6) is 1.66. The van der Waals surface area contributed by atoms with E-state index in [2.05, 4.69) is 9.97 Å². The molecule has 4 aliphatic carbocycles. The fourth-order valence-corrected chi connectivity index (χ4v) is 7.87. The van der Waals surface area contributed by atoms with E-state index in [4.69, 9.17) is 4.74 Å². The number of amides is 2. The molecule has 6 fully saturated rings. The summed E-state index contributed by atoms with van der Waals surface area (Å²) in [5, 5.41) is 10.4. The number of carbonyl (C=O) groups is 3. The maximum absolute atomic E-state index is 13.8. The van der Waals surface area contributed by atoms with Gasteiger partial charge in [0.25, 0.3) is 5.91 Å². The number of anilines is 1. The lowest BCUT2D eigenvalue weighted by molar-refractivity contribution is -0.166. The van der Waals surface area contributed by atoms with Crippen molar-refractivity contribution in [3.05, 3.63) is 18.5 Å². The standard InChI is InChI=1S/C26H35N5O5/c32-20-11-21(31(15-20)24(35)26-12-17-8-18(13-26)10-19(9-17)14-26)23(34)36-16-22(33)29-4-6-30(7-5-29)25-27-2-1-3-28-25/h1-3,17-21,32H,4-16H2/t17?,18?,19?,20-,21-,26?/m0/s1. The van der Waals surface area contributed by atoms with Gasteiger partial charge in [-0.2, -0.15) is 0 Å². The zero-order valence-corrected chi connectivity index (χ0v) is 20.6. The molecule has 6 aliphatic rings. The smallest absolute Gasteiger partial charge is 0.329 e. The van der Waals surface area contributed by atoms with E-state index in [1.807, 2.05) is 4.90 Å². The van der Waals surface area contributed by atoms with Crippen LogP contribution in [0.3, 0.4) is 0 Å². The van der Waals surface area contributed by atoms with Gasteiger partial charge in [-0.15, -0.1) is 0 Å². The van der Waals surface area contributed by atoms with Crippen LogP contribution in [0.15, 0.2) is 18.5 Å². The van der Waals surface area contributed by atoms with Crippen LogP contribution < -0.4 is 4.90 Å². The Kier molecular flexibility index (Phi) is 6.09. The minimum atomic E-state index is -0.819. The number of aliphatic hydroxyl groups is 1. The van der Waals surface area contributed by atoms with Crippen LogP contribution in [0.5, 0.6) is 0 Å². The molecule has 1 aromatic rings. The minimum Gasteiger partial charge on any atom is -0.454 e. The molecule has 0 spiro atoms. The highest BCUT2D eigenvalue weighted by atomic mass is 16.5. The topological polar surface area (TPSA) is 116 Å². The van der Waals surface area contributed by atoms with Gasteiger partial charge >= 0.3 is 5.97 Å². The van der Waals surface area contributed by atoms with Gasteiger partial charge in [0.1, 0.15) is 6.04 Å². The molecule has 0 unspecified atom stereocenters. The average molecular weight is 498 g/mol. The zero-order chi connectivity index (χ0) is 24.9. The Morgan fingerprint density at radius 1 is 0.944 bits per heavy atom. The van der Waals surface area contributed by atoms with Gasteiger partial charge in [-0.3, -0.25) is 9.59 Å². The van der Waals surface area contributed by atoms with Crippen molar-refractivity contribution in [3.63, 3.8) is 0 Å². The average Bonchev–Trinajstić information content (AvgIpc) is 3.28. The molecular weight excluding hydrogens is 462 g/mol. The molecule has 1 N–H and O–H groups in total. The Morgan fingerprint density at radius 3 is 2.17 bits per heavy atom. The molecule has 36 heavy (non-hydrogen) atoms. The molecule has 0 aromatic carbocycles. The largest absolute Gasteiger partial charge is 0.454 e. The van der Waals surface area contributed by atoms with Crippen molar-refractivity contribution in [2.24, 2.45) is 23.2 Å². The van der Waals surface area contributed by atoms with Crippen molar-refractivity contribution in [2.75, 3.05) is 44.2 Å². The van der Waals surface area contributed by atoms with Crippen LogP contribution in [-0.2, 0) is 19.1 Å². The maximum Gasteiger partial charge on any atom is 0.329 e. The highest BCUT2D eigenvalue weighted by Crippen LogP contribution is 2.60. The van der Waals surface area contributed by atoms with Gasteiger partial charge in [0, 0.05) is 51.5 Å². The normalized spacial score (nSPS) is 35.2. The molecule has 1 aromatic heterocycles. The van der Waals surface area contributed by atoms with Crippen molar-refractivity contribution in [1.29, 1.82) is 0 Å². The number of likely N-dealkylation sites (tertiary alicyclic amines) is 1. The van der Waals surface area contributed by atoms with Crippen molar-refractivity contribution in [2.45, 2.75) is 57.1 Å². The van der Waals surface area contributed by atoms with Crippen molar-refractivity contribution in [3.8, 4) is 0 Å². The highest BCUT2D eigenvalue weighted by Gasteiger charge is 2.57. The fourth-order valence-electron chi connectivity index (χ4n) is 7.87. The second-order valence-corrected chi connectivity index (χ2v) is 11.6. The lowest BCUT2D eigenvalue weighted by atomic mass is 9.49. The molecule has 10 heteroatoms. The molecule has 194 valence electrons. The number of esters is 1. The number of rotatable bonds is 5. The molecule has 3 heterocycles. The van der Waals surface area contributed by atoms with E-state index in [1.54, 1.807) is 28.3 Å². The number of hydrogen-bond acceptors (Lipinski definition) is 8. The van der Waals surface area contributed by atoms with Crippen molar-refractivity contribution in [1.82, 2.24) is 19.8 Å². The first-order valence-corrected chi connectivity index (χ1v) is 13.4. The number of nitrogens with zero attached hydrogens (tertiary/aromatic N) is 5. The first-order valence-electron chi connectivity index (χ1n) is 13.4. The van der Waals surface area contributed by atoms with Crippen LogP contribution in [0, 0.1) is 23.2 Å². The number of aliphatic hydroxyl groups excluding tert-OH is 1. The molecule has 2 amide bonds. The summed E-state index contributed by atoms with van der Waals surface area (Å²) in [6.45, 7) is 2.00. The zero-order valence-electron chi connectivity index (χ0n) is 20.6. The summed E-state index contributed by atoms with van der Waals surface area (Å²) in [5.41, 5.74) is -0.380. The predicted octanol–water partition coefficient (Wildman–Crippen LogP) is 0.847. The lowest BCUT2D eigenvalue weighted by Gasteiger charge is -2.56. The van der Waals surface area contributed by atoms with Gasteiger partial charge in [-0.25, -0.2) is 14.8 Å². The maximum atomic E-state index is 13.8. The first-order chi connectivity index (χ1) is 17.4. The van der Waals surface area contributed by atoms with Gasteiger partial charge in [0.05, 0.1) is 11.5 Å². The van der Waals surface area contributed by atoms with Gasteiger partial charge < -0.3 is 24.5 Å². The van der Waals surface area contributed by atoms with Crippen LogP contribution in [-0.4, -0.2) is 94.1 Å². The molecular formula is C26H35N5O5. The Morgan fingerprint density at radius 2 is 1.56 bits per heavy atom. The monoisotopic (exact) mass is 497 g/mol. The number of β-amino-alcohol motifs (C(OH)–C–C–N with tert-alkyl or cyclic N) is 1. The number of hydrogen-bond donors (Lipinski definition) is 1. The molecule has 4 saturated carbocycles. The molecule has 2 aliphatic heterocycles. The number of aromatic nitrogens is 2. The van der Waals surface area contributed by atoms with E-state index in [9.17, 15) is 19.5 Å². The summed E-state index contributed by atoms with van der Waals surface area (Å²) in [6, 6.07) is 0.944. The van der Waals surface area contributed by atoms with Crippen LogP contribution >= 0.6 is 0 Å². The Bertz CT molecular complexity index is 976. The van der Waals surface area contributed by atoms with E-state index in [0.717, 1.165) is 19.3 Å². The molecule has 2 saturated heterocycles. The summed E-state index contributed by atoms with van der Waals surface area (Å²) in [7, 11) is 0. The minimum absolute atomic E-state index is 0.0191. The third kappa shape index (κ3) is 4.33. The Labute approximate surface area is 211 Å². The molecule has 10 nitrogen and oxygen atoms in total. The summed E-state index contributed by atoms with van der Waals surface area (Å²) in [4.78, 5) is 53.4. The molecule has 2 atom stereocenters. The van der Waals surface area contributed by atoms with Crippen LogP contribution in [0.1, 0.15) is 44.9 Å². The van der Waals surface area contributed by atoms with E-state index >= 15 is 0 Å². The summed E-state index contributed by atoms with van der Waals surface area (Å²) in [6.07, 6.45) is 9.22. The van der Waals surface area contributed by atoms with E-state index in [0.29, 0.717) is 49.9 Å². The van der Waals surface area contributed by atoms with Crippen LogP contribution in [0.25, 0.3) is 0 Å².